The minimum absolute atomic E-state index is 0.0131. The van der Waals surface area contributed by atoms with Crippen molar-refractivity contribution in [1.29, 1.82) is 0 Å². The second-order valence-corrected chi connectivity index (χ2v) is 10.2. The van der Waals surface area contributed by atoms with Crippen LogP contribution in [0.3, 0.4) is 0 Å². The fourth-order valence-electron chi connectivity index (χ4n) is 3.70. The molecule has 11 nitrogen and oxygen atoms in total. The Morgan fingerprint density at radius 1 is 1.12 bits per heavy atom. The van der Waals surface area contributed by atoms with Gasteiger partial charge in [-0.15, -0.1) is 0 Å². The highest BCUT2D eigenvalue weighted by atomic mass is 32.2. The predicted octanol–water partition coefficient (Wildman–Crippen LogP) is 0.312. The van der Waals surface area contributed by atoms with Crippen LogP contribution in [0.4, 0.5) is 5.69 Å². The number of hydrogen-bond acceptors (Lipinski definition) is 8. The highest BCUT2D eigenvalue weighted by Gasteiger charge is 2.32. The number of aromatic hydroxyl groups is 2. The molecule has 2 aromatic carbocycles. The highest BCUT2D eigenvalue weighted by molar-refractivity contribution is 7.89. The molecule has 0 spiro atoms. The number of benzene rings is 2. The molecule has 2 amide bonds. The quantitative estimate of drug-likeness (QED) is 0.274. The van der Waals surface area contributed by atoms with Crippen molar-refractivity contribution in [1.82, 2.24) is 9.62 Å². The molecule has 0 bridgehead atoms. The summed E-state index contributed by atoms with van der Waals surface area (Å²) in [5.74, 6) is -1.81. The Morgan fingerprint density at radius 3 is 2.50 bits per heavy atom. The first-order valence-electron chi connectivity index (χ1n) is 10.7. The molecule has 0 saturated carbocycles. The van der Waals surface area contributed by atoms with Crippen molar-refractivity contribution in [3.05, 3.63) is 47.5 Å². The van der Waals surface area contributed by atoms with Gasteiger partial charge in [-0.3, -0.25) is 9.59 Å². The fraction of sp³-hybridized carbons (Fsp3) is 0.364. The zero-order chi connectivity index (χ0) is 25.0. The molecular weight excluding hydrogens is 462 g/mol. The first-order chi connectivity index (χ1) is 16.0. The van der Waals surface area contributed by atoms with E-state index in [0.29, 0.717) is 13.0 Å². The summed E-state index contributed by atoms with van der Waals surface area (Å²) in [6, 6.07) is 7.98. The van der Waals surface area contributed by atoms with Crippen molar-refractivity contribution < 1.29 is 28.2 Å². The molecule has 0 fully saturated rings. The Bertz CT molecular complexity index is 1190. The number of primary amides is 1. The lowest BCUT2D eigenvalue weighted by Gasteiger charge is -2.17. The number of nitrogens with one attached hydrogen (secondary N) is 2. The van der Waals surface area contributed by atoms with Crippen LogP contribution in [-0.2, 0) is 32.7 Å². The third kappa shape index (κ3) is 5.95. The lowest BCUT2D eigenvalue weighted by molar-refractivity contribution is -0.126. The van der Waals surface area contributed by atoms with Crippen molar-refractivity contribution in [2.24, 2.45) is 11.5 Å². The molecule has 1 aliphatic heterocycles. The van der Waals surface area contributed by atoms with Crippen LogP contribution in [0.2, 0.25) is 0 Å². The van der Waals surface area contributed by atoms with Crippen LogP contribution in [0.15, 0.2) is 41.3 Å². The zero-order valence-electron chi connectivity index (χ0n) is 18.7. The SMILES string of the molecule is CC(CCNC(=O)[C@@H](N)CC(N)=O)Nc1ccc2c(c1)CN(S(=O)(=O)c1ccc(O)cc1O)C2. The van der Waals surface area contributed by atoms with Crippen LogP contribution in [0.1, 0.15) is 30.9 Å². The van der Waals surface area contributed by atoms with E-state index in [1.165, 1.54) is 16.4 Å². The largest absolute Gasteiger partial charge is 0.508 e. The minimum atomic E-state index is -3.95. The summed E-state index contributed by atoms with van der Waals surface area (Å²) in [6.45, 7) is 2.61. The van der Waals surface area contributed by atoms with Gasteiger partial charge in [0.2, 0.25) is 21.8 Å². The maximum Gasteiger partial charge on any atom is 0.247 e. The number of carbonyl (C=O) groups is 2. The van der Waals surface area contributed by atoms with Gasteiger partial charge >= 0.3 is 0 Å². The standard InChI is InChI=1S/C22H29N5O6S/c1-13(6-7-25-22(31)18(23)10-21(24)30)26-16-3-2-14-11-27(12-15(14)8-16)34(32,33)20-5-4-17(28)9-19(20)29/h2-5,8-9,13,18,26,28-29H,6-7,10-12,23H2,1H3,(H2,24,30)(H,25,31)/t13?,18-/m0/s1. The van der Waals surface area contributed by atoms with Gasteiger partial charge in [-0.2, -0.15) is 4.31 Å². The van der Waals surface area contributed by atoms with Crippen molar-refractivity contribution >= 4 is 27.5 Å². The molecule has 34 heavy (non-hydrogen) atoms. The molecule has 8 N–H and O–H groups in total. The maximum atomic E-state index is 13.0. The lowest BCUT2D eigenvalue weighted by Crippen LogP contribution is -2.43. The predicted molar refractivity (Wildman–Crippen MR) is 125 cm³/mol. The summed E-state index contributed by atoms with van der Waals surface area (Å²) in [5.41, 5.74) is 13.1. The number of hydrogen-bond donors (Lipinski definition) is 6. The number of anilines is 1. The van der Waals surface area contributed by atoms with E-state index in [0.717, 1.165) is 22.9 Å². The molecule has 0 saturated heterocycles. The summed E-state index contributed by atoms with van der Waals surface area (Å²) in [4.78, 5) is 22.4. The number of sulfonamides is 1. The molecule has 12 heteroatoms. The van der Waals surface area contributed by atoms with E-state index < -0.39 is 33.6 Å². The van der Waals surface area contributed by atoms with Crippen molar-refractivity contribution in [3.63, 3.8) is 0 Å². The third-order valence-electron chi connectivity index (χ3n) is 5.51. The molecule has 1 aliphatic rings. The smallest absolute Gasteiger partial charge is 0.247 e. The van der Waals surface area contributed by atoms with Gasteiger partial charge in [-0.1, -0.05) is 6.07 Å². The summed E-state index contributed by atoms with van der Waals surface area (Å²) in [7, 11) is -3.95. The van der Waals surface area contributed by atoms with Crippen LogP contribution in [0.5, 0.6) is 11.5 Å². The van der Waals surface area contributed by atoms with Gasteiger partial charge < -0.3 is 32.3 Å². The van der Waals surface area contributed by atoms with E-state index in [-0.39, 0.29) is 36.2 Å². The van der Waals surface area contributed by atoms with Gasteiger partial charge in [-0.05, 0) is 48.7 Å². The summed E-state index contributed by atoms with van der Waals surface area (Å²) in [5, 5.41) is 25.4. The van der Waals surface area contributed by atoms with Crippen LogP contribution in [0, 0.1) is 0 Å². The molecule has 184 valence electrons. The second kappa shape index (κ2) is 10.3. The number of carbonyl (C=O) groups excluding carboxylic acids is 2. The van der Waals surface area contributed by atoms with Crippen LogP contribution < -0.4 is 22.1 Å². The first kappa shape index (κ1) is 25.3. The van der Waals surface area contributed by atoms with Gasteiger partial charge in [0, 0.05) is 37.4 Å². The molecule has 2 atom stereocenters. The molecule has 0 aromatic heterocycles. The number of nitrogens with two attached hydrogens (primary N) is 2. The van der Waals surface area contributed by atoms with Crippen molar-refractivity contribution in [2.75, 3.05) is 11.9 Å². The highest BCUT2D eigenvalue weighted by Crippen LogP contribution is 2.34. The Hall–Kier alpha value is -3.35. The number of phenolic OH excluding ortho intramolecular Hbond substituents is 2. The molecule has 2 aromatic rings. The zero-order valence-corrected chi connectivity index (χ0v) is 19.5. The van der Waals surface area contributed by atoms with E-state index in [9.17, 15) is 28.2 Å². The van der Waals surface area contributed by atoms with Gasteiger partial charge in [0.15, 0.2) is 0 Å². The topological polar surface area (TPSA) is 188 Å². The van der Waals surface area contributed by atoms with Crippen LogP contribution >= 0.6 is 0 Å². The minimum Gasteiger partial charge on any atom is -0.508 e. The summed E-state index contributed by atoms with van der Waals surface area (Å²) < 4.78 is 27.2. The monoisotopic (exact) mass is 491 g/mol. The lowest BCUT2D eigenvalue weighted by atomic mass is 10.1. The second-order valence-electron chi connectivity index (χ2n) is 8.31. The first-order valence-corrected chi connectivity index (χ1v) is 12.1. The van der Waals surface area contributed by atoms with Gasteiger partial charge in [-0.25, -0.2) is 8.42 Å². The summed E-state index contributed by atoms with van der Waals surface area (Å²) in [6.07, 6.45) is 0.376. The Balaban J connectivity index is 1.57. The van der Waals surface area contributed by atoms with E-state index >= 15 is 0 Å². The third-order valence-corrected chi connectivity index (χ3v) is 7.35. The number of phenols is 2. The molecular formula is C22H29N5O6S. The normalized spacial score (nSPS) is 15.4. The van der Waals surface area contributed by atoms with E-state index in [1.807, 2.05) is 25.1 Å². The fourth-order valence-corrected chi connectivity index (χ4v) is 5.15. The Morgan fingerprint density at radius 2 is 1.82 bits per heavy atom. The molecule has 1 heterocycles. The van der Waals surface area contributed by atoms with Crippen molar-refractivity contribution in [2.45, 2.75) is 49.8 Å². The summed E-state index contributed by atoms with van der Waals surface area (Å²) >= 11 is 0. The Labute approximate surface area is 197 Å². The number of amides is 2. The van der Waals surface area contributed by atoms with Crippen LogP contribution in [-0.4, -0.2) is 53.4 Å². The Kier molecular flexibility index (Phi) is 7.64. The average molecular weight is 492 g/mol. The van der Waals surface area contributed by atoms with E-state index in [1.54, 1.807) is 0 Å². The number of rotatable bonds is 10. The van der Waals surface area contributed by atoms with E-state index in [4.69, 9.17) is 11.5 Å². The number of fused-ring (bicyclic) bond motifs is 1. The average Bonchev–Trinajstić information content (AvgIpc) is 3.17. The molecule has 0 radical (unpaired) electrons. The van der Waals surface area contributed by atoms with Gasteiger partial charge in [0.05, 0.1) is 12.5 Å². The maximum absolute atomic E-state index is 13.0. The van der Waals surface area contributed by atoms with Crippen molar-refractivity contribution in [3.8, 4) is 11.5 Å². The van der Waals surface area contributed by atoms with E-state index in [2.05, 4.69) is 10.6 Å². The van der Waals surface area contributed by atoms with Gasteiger partial charge in [0.25, 0.3) is 0 Å². The molecule has 1 unspecified atom stereocenters. The number of nitrogens with zero attached hydrogens (tertiary/aromatic N) is 1. The van der Waals surface area contributed by atoms with Crippen LogP contribution in [0.25, 0.3) is 0 Å². The van der Waals surface area contributed by atoms with Gasteiger partial charge in [0.1, 0.15) is 16.4 Å². The molecule has 3 rings (SSSR count). The molecule has 0 aliphatic carbocycles.